The molecule has 0 aliphatic heterocycles. The lowest BCUT2D eigenvalue weighted by Gasteiger charge is -2.08. The minimum atomic E-state index is 0.567. The third kappa shape index (κ3) is 3.32. The Balaban J connectivity index is 1.50. The molecule has 0 aliphatic rings. The van der Waals surface area contributed by atoms with E-state index in [9.17, 15) is 0 Å². The van der Waals surface area contributed by atoms with Crippen molar-refractivity contribution in [3.05, 3.63) is 95.5 Å². The van der Waals surface area contributed by atoms with E-state index in [-0.39, 0.29) is 0 Å². The number of rotatable bonds is 3. The third-order valence-electron chi connectivity index (χ3n) is 7.17. The standard InChI is InChI=1S/C33H24N2O2/c1-18(2)13-20-5-7-22-25-10-9-24-26(32(25)36-29(22)16-20)11-12-35-31(24)28-15-19(3)14-27-23-8-6-21(34-4)17-30(23)37-33(27)28/h5-12,14-18H,13H2,1-3H3. The van der Waals surface area contributed by atoms with Gasteiger partial charge < -0.3 is 8.83 Å². The average Bonchev–Trinajstić information content (AvgIpc) is 3.45. The Hall–Kier alpha value is -4.62. The predicted octanol–water partition coefficient (Wildman–Crippen LogP) is 9.76. The molecule has 0 spiro atoms. The molecular formula is C33H24N2O2. The van der Waals surface area contributed by atoms with Crippen molar-refractivity contribution in [1.82, 2.24) is 4.98 Å². The molecule has 3 heterocycles. The molecule has 0 radical (unpaired) electrons. The summed E-state index contributed by atoms with van der Waals surface area (Å²) < 4.78 is 12.8. The molecule has 0 fully saturated rings. The van der Waals surface area contributed by atoms with E-state index in [4.69, 9.17) is 20.4 Å². The number of hydrogen-bond donors (Lipinski definition) is 0. The first-order valence-electron chi connectivity index (χ1n) is 12.6. The van der Waals surface area contributed by atoms with Gasteiger partial charge >= 0.3 is 0 Å². The van der Waals surface area contributed by atoms with Gasteiger partial charge in [0.1, 0.15) is 22.3 Å². The number of hydrogen-bond acceptors (Lipinski definition) is 3. The van der Waals surface area contributed by atoms with Gasteiger partial charge in [0.15, 0.2) is 5.69 Å². The van der Waals surface area contributed by atoms with Gasteiger partial charge in [-0.1, -0.05) is 44.2 Å². The van der Waals surface area contributed by atoms with Gasteiger partial charge in [-0.25, -0.2) is 4.85 Å². The van der Waals surface area contributed by atoms with Crippen LogP contribution in [-0.4, -0.2) is 4.98 Å². The molecule has 0 saturated heterocycles. The predicted molar refractivity (Wildman–Crippen MR) is 151 cm³/mol. The number of nitrogens with zero attached hydrogens (tertiary/aromatic N) is 2. The van der Waals surface area contributed by atoms with E-state index in [2.05, 4.69) is 68.1 Å². The van der Waals surface area contributed by atoms with Crippen molar-refractivity contribution in [1.29, 1.82) is 0 Å². The maximum atomic E-state index is 7.37. The van der Waals surface area contributed by atoms with Crippen LogP contribution >= 0.6 is 0 Å². The molecule has 0 bridgehead atoms. The molecule has 37 heavy (non-hydrogen) atoms. The minimum absolute atomic E-state index is 0.567. The van der Waals surface area contributed by atoms with Gasteiger partial charge in [-0.2, -0.15) is 0 Å². The monoisotopic (exact) mass is 480 g/mol. The first-order valence-corrected chi connectivity index (χ1v) is 12.6. The minimum Gasteiger partial charge on any atom is -0.457 e. The average molecular weight is 481 g/mol. The summed E-state index contributed by atoms with van der Waals surface area (Å²) in [5, 5.41) is 6.33. The fraction of sp³-hybridized carbons (Fsp3) is 0.152. The Morgan fingerprint density at radius 1 is 0.757 bits per heavy atom. The molecule has 3 aromatic heterocycles. The highest BCUT2D eigenvalue weighted by Gasteiger charge is 2.19. The number of pyridine rings is 1. The van der Waals surface area contributed by atoms with E-state index in [1.54, 1.807) is 0 Å². The molecule has 7 aromatic rings. The van der Waals surface area contributed by atoms with Crippen LogP contribution in [0.25, 0.3) is 70.8 Å². The zero-order valence-electron chi connectivity index (χ0n) is 20.9. The van der Waals surface area contributed by atoms with E-state index >= 15 is 0 Å². The second kappa shape index (κ2) is 7.94. The first kappa shape index (κ1) is 21.6. The van der Waals surface area contributed by atoms with E-state index in [1.807, 2.05) is 30.5 Å². The van der Waals surface area contributed by atoms with Crippen LogP contribution in [0.3, 0.4) is 0 Å². The second-order valence-corrected chi connectivity index (χ2v) is 10.3. The molecule has 0 atom stereocenters. The normalized spacial score (nSPS) is 12.0. The van der Waals surface area contributed by atoms with Gasteiger partial charge in [-0.15, -0.1) is 0 Å². The summed E-state index contributed by atoms with van der Waals surface area (Å²) in [5.74, 6) is 0.591. The molecule has 0 amide bonds. The quantitative estimate of drug-likeness (QED) is 0.236. The lowest BCUT2D eigenvalue weighted by atomic mass is 9.98. The smallest absolute Gasteiger partial charge is 0.190 e. The van der Waals surface area contributed by atoms with Crippen molar-refractivity contribution in [3.8, 4) is 11.3 Å². The van der Waals surface area contributed by atoms with Crippen molar-refractivity contribution >= 4 is 60.3 Å². The van der Waals surface area contributed by atoms with Crippen LogP contribution < -0.4 is 0 Å². The lowest BCUT2D eigenvalue weighted by Crippen LogP contribution is -1.92. The molecule has 0 unspecified atom stereocenters. The van der Waals surface area contributed by atoms with Gasteiger partial charge in [0, 0.05) is 44.1 Å². The molecular weight excluding hydrogens is 456 g/mol. The molecule has 0 N–H and O–H groups in total. The SMILES string of the molecule is [C-]#[N+]c1ccc2c(c1)oc1c(-c3nccc4c3ccc3c5ccc(CC(C)C)cc5oc43)cc(C)cc12. The molecule has 4 nitrogen and oxygen atoms in total. The van der Waals surface area contributed by atoms with Crippen LogP contribution in [0.5, 0.6) is 0 Å². The number of fused-ring (bicyclic) bond motifs is 8. The summed E-state index contributed by atoms with van der Waals surface area (Å²) in [6.45, 7) is 13.9. The van der Waals surface area contributed by atoms with Gasteiger partial charge in [0.05, 0.1) is 12.3 Å². The van der Waals surface area contributed by atoms with Crippen LogP contribution in [0.1, 0.15) is 25.0 Å². The highest BCUT2D eigenvalue weighted by atomic mass is 16.3. The highest BCUT2D eigenvalue weighted by Crippen LogP contribution is 2.41. The highest BCUT2D eigenvalue weighted by molar-refractivity contribution is 6.18. The van der Waals surface area contributed by atoms with Crippen LogP contribution in [0.4, 0.5) is 5.69 Å². The zero-order chi connectivity index (χ0) is 25.3. The Labute approximate surface area is 213 Å². The van der Waals surface area contributed by atoms with E-state index in [1.165, 1.54) is 5.56 Å². The van der Waals surface area contributed by atoms with E-state index in [0.717, 1.165) is 72.3 Å². The second-order valence-electron chi connectivity index (χ2n) is 10.3. The summed E-state index contributed by atoms with van der Waals surface area (Å²) in [5.41, 5.74) is 8.09. The van der Waals surface area contributed by atoms with Crippen LogP contribution in [0.15, 0.2) is 81.8 Å². The summed E-state index contributed by atoms with van der Waals surface area (Å²) in [7, 11) is 0. The summed E-state index contributed by atoms with van der Waals surface area (Å²) in [6.07, 6.45) is 2.88. The summed E-state index contributed by atoms with van der Waals surface area (Å²) >= 11 is 0. The van der Waals surface area contributed by atoms with Crippen molar-refractivity contribution in [2.45, 2.75) is 27.2 Å². The van der Waals surface area contributed by atoms with Crippen LogP contribution in [-0.2, 0) is 6.42 Å². The fourth-order valence-electron chi connectivity index (χ4n) is 5.60. The maximum absolute atomic E-state index is 7.37. The number of aryl methyl sites for hydroxylation is 1. The van der Waals surface area contributed by atoms with Crippen molar-refractivity contribution in [2.24, 2.45) is 5.92 Å². The van der Waals surface area contributed by atoms with Gasteiger partial charge in [-0.3, -0.25) is 4.98 Å². The lowest BCUT2D eigenvalue weighted by molar-refractivity contribution is 0.643. The number of benzene rings is 4. The first-order chi connectivity index (χ1) is 18.0. The molecule has 4 aromatic carbocycles. The van der Waals surface area contributed by atoms with Gasteiger partial charge in [0.25, 0.3) is 0 Å². The van der Waals surface area contributed by atoms with Crippen molar-refractivity contribution in [3.63, 3.8) is 0 Å². The van der Waals surface area contributed by atoms with Gasteiger partial charge in [-0.05, 0) is 66.8 Å². The topological polar surface area (TPSA) is 43.5 Å². The summed E-state index contributed by atoms with van der Waals surface area (Å²) in [6, 6.07) is 22.8. The van der Waals surface area contributed by atoms with Crippen LogP contribution in [0, 0.1) is 19.4 Å². The largest absolute Gasteiger partial charge is 0.457 e. The van der Waals surface area contributed by atoms with Crippen molar-refractivity contribution in [2.75, 3.05) is 0 Å². The van der Waals surface area contributed by atoms with Crippen LogP contribution in [0.2, 0.25) is 0 Å². The Morgan fingerprint density at radius 2 is 1.46 bits per heavy atom. The Morgan fingerprint density at radius 3 is 2.30 bits per heavy atom. The van der Waals surface area contributed by atoms with E-state index < -0.39 is 0 Å². The third-order valence-corrected chi connectivity index (χ3v) is 7.17. The van der Waals surface area contributed by atoms with Crippen molar-refractivity contribution < 1.29 is 8.83 Å². The molecule has 0 aliphatic carbocycles. The zero-order valence-corrected chi connectivity index (χ0v) is 20.9. The Bertz CT molecular complexity index is 2070. The van der Waals surface area contributed by atoms with E-state index in [0.29, 0.717) is 17.2 Å². The molecule has 4 heteroatoms. The maximum Gasteiger partial charge on any atom is 0.190 e. The molecule has 0 saturated carbocycles. The van der Waals surface area contributed by atoms with Gasteiger partial charge in [0.2, 0.25) is 0 Å². The summed E-state index contributed by atoms with van der Waals surface area (Å²) in [4.78, 5) is 8.39. The molecule has 7 rings (SSSR count). The Kier molecular flexibility index (Phi) is 4.65. The fourth-order valence-corrected chi connectivity index (χ4v) is 5.60. The number of aromatic nitrogens is 1. The molecule has 178 valence electrons. The number of furan rings is 2.